The molecule has 0 heterocycles. The van der Waals surface area contributed by atoms with Gasteiger partial charge < -0.3 is 15.7 Å². The van der Waals surface area contributed by atoms with Gasteiger partial charge in [0.15, 0.2) is 0 Å². The van der Waals surface area contributed by atoms with Gasteiger partial charge in [0.1, 0.15) is 11.4 Å². The first kappa shape index (κ1) is 16.1. The molecule has 0 aromatic heterocycles. The molecule has 0 aliphatic heterocycles. The largest absolute Gasteiger partial charge is 0.384 e. The second-order valence-electron chi connectivity index (χ2n) is 7.23. The summed E-state index contributed by atoms with van der Waals surface area (Å²) in [4.78, 5) is 12.2. The van der Waals surface area contributed by atoms with Crippen LogP contribution in [0.2, 0.25) is 0 Å². The Hall–Kier alpha value is -2.40. The highest BCUT2D eigenvalue weighted by molar-refractivity contribution is 5.75. The van der Waals surface area contributed by atoms with Crippen LogP contribution in [0.3, 0.4) is 0 Å². The van der Waals surface area contributed by atoms with Crippen molar-refractivity contribution in [3.8, 4) is 0 Å². The minimum absolute atomic E-state index is 0.0586. The molecule has 2 aliphatic carbocycles. The van der Waals surface area contributed by atoms with Crippen molar-refractivity contribution in [2.75, 3.05) is 6.54 Å². The van der Waals surface area contributed by atoms with E-state index in [9.17, 15) is 14.3 Å². The van der Waals surface area contributed by atoms with E-state index in [0.717, 1.165) is 6.42 Å². The number of rotatable bonds is 4. The Kier molecular flexibility index (Phi) is 3.76. The molecule has 0 unspecified atom stereocenters. The third kappa shape index (κ3) is 3.00. The smallest absolute Gasteiger partial charge is 0.315 e. The molecule has 4 nitrogen and oxygen atoms in total. The Morgan fingerprint density at radius 2 is 1.96 bits per heavy atom. The number of benzene rings is 2. The monoisotopic (exact) mass is 340 g/mol. The van der Waals surface area contributed by atoms with Gasteiger partial charge in [0, 0.05) is 12.0 Å². The number of fused-ring (bicyclic) bond motifs is 3. The zero-order valence-electron chi connectivity index (χ0n) is 14.0. The minimum atomic E-state index is -1.25. The third-order valence-corrected chi connectivity index (χ3v) is 5.40. The molecule has 2 aromatic carbocycles. The number of hydrogen-bond donors (Lipinski definition) is 3. The molecule has 2 amide bonds. The van der Waals surface area contributed by atoms with Gasteiger partial charge in [-0.1, -0.05) is 36.4 Å². The molecule has 2 aromatic rings. The van der Waals surface area contributed by atoms with E-state index in [1.54, 1.807) is 6.92 Å². The molecule has 0 spiro atoms. The third-order valence-electron chi connectivity index (χ3n) is 5.40. The number of urea groups is 1. The van der Waals surface area contributed by atoms with Gasteiger partial charge in [-0.05, 0) is 48.1 Å². The summed E-state index contributed by atoms with van der Waals surface area (Å²) < 4.78 is 13.0. The van der Waals surface area contributed by atoms with Crippen LogP contribution < -0.4 is 10.6 Å². The molecular formula is C20H21FN2O2. The van der Waals surface area contributed by atoms with E-state index in [2.05, 4.69) is 28.8 Å². The maximum absolute atomic E-state index is 13.0. The van der Waals surface area contributed by atoms with Crippen LogP contribution in [0.25, 0.3) is 0 Å². The average Bonchev–Trinajstić information content (AvgIpc) is 3.10. The Bertz CT molecular complexity index is 804. The highest BCUT2D eigenvalue weighted by atomic mass is 19.1. The lowest BCUT2D eigenvalue weighted by atomic mass is 9.96. The Morgan fingerprint density at radius 1 is 1.24 bits per heavy atom. The van der Waals surface area contributed by atoms with E-state index in [4.69, 9.17) is 0 Å². The fourth-order valence-corrected chi connectivity index (χ4v) is 3.91. The summed E-state index contributed by atoms with van der Waals surface area (Å²) in [6, 6.07) is 13.9. The first-order valence-corrected chi connectivity index (χ1v) is 8.56. The molecule has 0 saturated heterocycles. The first-order chi connectivity index (χ1) is 12.0. The van der Waals surface area contributed by atoms with Crippen molar-refractivity contribution < 1.29 is 14.3 Å². The van der Waals surface area contributed by atoms with Crippen molar-refractivity contribution in [1.82, 2.24) is 10.6 Å². The second kappa shape index (κ2) is 5.85. The van der Waals surface area contributed by atoms with E-state index in [-0.39, 0.29) is 24.4 Å². The van der Waals surface area contributed by atoms with Gasteiger partial charge in [-0.15, -0.1) is 0 Å². The lowest BCUT2D eigenvalue weighted by molar-refractivity contribution is 0.0593. The molecule has 5 heteroatoms. The normalized spacial score (nSPS) is 25.5. The fraction of sp³-hybridized carbons (Fsp3) is 0.350. The molecule has 4 rings (SSSR count). The SMILES string of the molecule is C[C@](O)(CNC(=O)N[C@@H]1[C@@H]2Cc3ccccc3[C@@H]21)c1ccc(F)cc1. The van der Waals surface area contributed by atoms with E-state index in [0.29, 0.717) is 17.4 Å². The summed E-state index contributed by atoms with van der Waals surface area (Å²) in [7, 11) is 0. The van der Waals surface area contributed by atoms with Crippen molar-refractivity contribution >= 4 is 6.03 Å². The van der Waals surface area contributed by atoms with E-state index in [1.165, 1.54) is 35.4 Å². The van der Waals surface area contributed by atoms with Gasteiger partial charge in [0.2, 0.25) is 0 Å². The minimum Gasteiger partial charge on any atom is -0.384 e. The van der Waals surface area contributed by atoms with Crippen LogP contribution in [0.15, 0.2) is 48.5 Å². The predicted molar refractivity (Wildman–Crippen MR) is 92.7 cm³/mol. The first-order valence-electron chi connectivity index (χ1n) is 8.56. The molecule has 0 radical (unpaired) electrons. The van der Waals surface area contributed by atoms with Gasteiger partial charge in [0.05, 0.1) is 6.54 Å². The van der Waals surface area contributed by atoms with Crippen molar-refractivity contribution in [3.63, 3.8) is 0 Å². The van der Waals surface area contributed by atoms with Crippen molar-refractivity contribution in [1.29, 1.82) is 0 Å². The van der Waals surface area contributed by atoms with Gasteiger partial charge in [-0.3, -0.25) is 0 Å². The number of hydrogen-bond acceptors (Lipinski definition) is 2. The Labute approximate surface area is 146 Å². The maximum Gasteiger partial charge on any atom is 0.315 e. The zero-order valence-corrected chi connectivity index (χ0v) is 14.0. The van der Waals surface area contributed by atoms with Gasteiger partial charge in [-0.25, -0.2) is 9.18 Å². The second-order valence-corrected chi connectivity index (χ2v) is 7.23. The fourth-order valence-electron chi connectivity index (χ4n) is 3.91. The molecular weight excluding hydrogens is 319 g/mol. The van der Waals surface area contributed by atoms with Crippen molar-refractivity contribution in [3.05, 3.63) is 71.0 Å². The quantitative estimate of drug-likeness (QED) is 0.801. The van der Waals surface area contributed by atoms with Crippen LogP contribution in [0, 0.1) is 11.7 Å². The molecule has 2 aliphatic rings. The summed E-state index contributed by atoms with van der Waals surface area (Å²) in [6.07, 6.45) is 1.01. The lowest BCUT2D eigenvalue weighted by Crippen LogP contribution is -2.44. The molecule has 130 valence electrons. The van der Waals surface area contributed by atoms with Crippen LogP contribution in [-0.4, -0.2) is 23.7 Å². The van der Waals surface area contributed by atoms with Crippen LogP contribution in [0.5, 0.6) is 0 Å². The van der Waals surface area contributed by atoms with Crippen LogP contribution >= 0.6 is 0 Å². The van der Waals surface area contributed by atoms with Crippen LogP contribution in [-0.2, 0) is 12.0 Å². The number of aliphatic hydroxyl groups is 1. The highest BCUT2D eigenvalue weighted by Gasteiger charge is 2.56. The summed E-state index contributed by atoms with van der Waals surface area (Å²) in [5.74, 6) is 0.547. The molecule has 25 heavy (non-hydrogen) atoms. The number of carbonyl (C=O) groups excluding carboxylic acids is 1. The molecule has 1 saturated carbocycles. The van der Waals surface area contributed by atoms with Crippen molar-refractivity contribution in [2.24, 2.45) is 5.92 Å². The standard InChI is InChI=1S/C20H21FN2O2/c1-20(25,13-6-8-14(21)9-7-13)11-22-19(24)23-18-16-10-12-4-2-3-5-15(12)17(16)18/h2-9,16-18,25H,10-11H2,1H3,(H2,22,23,24)/t16-,17+,18-,20+/m1/s1. The predicted octanol–water partition coefficient (Wildman–Crippen LogP) is 2.67. The highest BCUT2D eigenvalue weighted by Crippen LogP contribution is 2.56. The molecule has 0 bridgehead atoms. The maximum atomic E-state index is 13.0. The Morgan fingerprint density at radius 3 is 2.72 bits per heavy atom. The molecule has 3 N–H and O–H groups in total. The van der Waals surface area contributed by atoms with E-state index in [1.807, 2.05) is 6.07 Å². The van der Waals surface area contributed by atoms with Crippen LogP contribution in [0.1, 0.15) is 29.5 Å². The summed E-state index contributed by atoms with van der Waals surface area (Å²) in [6.45, 7) is 1.66. The number of amides is 2. The van der Waals surface area contributed by atoms with E-state index < -0.39 is 5.60 Å². The summed E-state index contributed by atoms with van der Waals surface area (Å²) >= 11 is 0. The number of carbonyl (C=O) groups is 1. The summed E-state index contributed by atoms with van der Waals surface area (Å²) in [5.41, 5.74) is 2.04. The number of nitrogens with one attached hydrogen (secondary N) is 2. The van der Waals surface area contributed by atoms with Gasteiger partial charge in [-0.2, -0.15) is 0 Å². The lowest BCUT2D eigenvalue weighted by Gasteiger charge is -2.24. The Balaban J connectivity index is 1.31. The van der Waals surface area contributed by atoms with E-state index >= 15 is 0 Å². The summed E-state index contributed by atoms with van der Waals surface area (Å²) in [5, 5.41) is 16.2. The molecule has 1 fully saturated rings. The topological polar surface area (TPSA) is 61.4 Å². The molecule has 4 atom stereocenters. The van der Waals surface area contributed by atoms with Gasteiger partial charge in [0.25, 0.3) is 0 Å². The van der Waals surface area contributed by atoms with Crippen molar-refractivity contribution in [2.45, 2.75) is 30.9 Å². The zero-order chi connectivity index (χ0) is 17.6. The van der Waals surface area contributed by atoms with Crippen LogP contribution in [0.4, 0.5) is 9.18 Å². The average molecular weight is 340 g/mol. The number of halogens is 1. The van der Waals surface area contributed by atoms with Gasteiger partial charge >= 0.3 is 6.03 Å².